The second-order valence-corrected chi connectivity index (χ2v) is 7.90. The van der Waals surface area contributed by atoms with Crippen LogP contribution in [0.2, 0.25) is 0 Å². The number of aliphatic hydroxyl groups is 1. The first-order chi connectivity index (χ1) is 7.47. The molecular formula is C7H11ClO7P2. The number of halogens is 1. The summed E-state index contributed by atoms with van der Waals surface area (Å²) in [6.07, 6.45) is 2.85. The summed E-state index contributed by atoms with van der Waals surface area (Å²) in [6, 6.07) is 0. The summed E-state index contributed by atoms with van der Waals surface area (Å²) in [6.45, 7) is 0. The average molecular weight is 305 g/mol. The van der Waals surface area contributed by atoms with Crippen LogP contribution in [-0.2, 0) is 9.13 Å². The minimum Gasteiger partial charge on any atom is -0.384 e. The molecule has 0 amide bonds. The van der Waals surface area contributed by atoms with Crippen LogP contribution in [-0.4, -0.2) is 35.7 Å². The molecule has 0 aromatic carbocycles. The fourth-order valence-corrected chi connectivity index (χ4v) is 4.85. The fourth-order valence-electron chi connectivity index (χ4n) is 1.59. The predicted molar refractivity (Wildman–Crippen MR) is 60.5 cm³/mol. The largest absolute Gasteiger partial charge is 0.384 e. The lowest BCUT2D eigenvalue weighted by Gasteiger charge is -2.34. The van der Waals surface area contributed by atoms with Gasteiger partial charge in [0.25, 0.3) is 0 Å². The molecule has 0 bridgehead atoms. The lowest BCUT2D eigenvalue weighted by Crippen LogP contribution is -2.40. The maximum atomic E-state index is 11.1. The van der Waals surface area contributed by atoms with Crippen molar-refractivity contribution in [1.29, 1.82) is 0 Å². The van der Waals surface area contributed by atoms with Crippen LogP contribution >= 0.6 is 26.8 Å². The van der Waals surface area contributed by atoms with Gasteiger partial charge in [0.2, 0.25) is 0 Å². The van der Waals surface area contributed by atoms with Gasteiger partial charge in [0, 0.05) is 11.5 Å². The van der Waals surface area contributed by atoms with Gasteiger partial charge in [-0.05, 0) is 12.2 Å². The van der Waals surface area contributed by atoms with Crippen molar-refractivity contribution in [1.82, 2.24) is 0 Å². The third kappa shape index (κ3) is 3.50. The van der Waals surface area contributed by atoms with E-state index in [1.165, 1.54) is 6.08 Å². The van der Waals surface area contributed by atoms with E-state index in [2.05, 4.69) is 0 Å². The molecule has 0 heterocycles. The molecule has 0 saturated carbocycles. The molecule has 98 valence electrons. The Hall–Kier alpha value is 0.0300. The van der Waals surface area contributed by atoms with Crippen LogP contribution in [0.4, 0.5) is 0 Å². The van der Waals surface area contributed by atoms with Gasteiger partial charge in [0.15, 0.2) is 5.40 Å². The Morgan fingerprint density at radius 2 is 1.71 bits per heavy atom. The van der Waals surface area contributed by atoms with E-state index in [0.29, 0.717) is 0 Å². The molecule has 1 aliphatic carbocycles. The van der Waals surface area contributed by atoms with Crippen LogP contribution < -0.4 is 0 Å². The first-order valence-corrected chi connectivity index (χ1v) is 8.09. The Labute approximate surface area is 102 Å². The lowest BCUT2D eigenvalue weighted by atomic mass is 9.97. The molecule has 17 heavy (non-hydrogen) atoms. The van der Waals surface area contributed by atoms with E-state index in [4.69, 9.17) is 31.2 Å². The topological polar surface area (TPSA) is 135 Å². The third-order valence-corrected chi connectivity index (χ3v) is 6.49. The van der Waals surface area contributed by atoms with Crippen molar-refractivity contribution < 1.29 is 33.8 Å². The minimum atomic E-state index is -5.19. The molecule has 0 saturated heterocycles. The first kappa shape index (κ1) is 15.1. The Kier molecular flexibility index (Phi) is 4.09. The SMILES string of the molecule is O=P(O)(O)C(C1(O)C=CC(Cl)=CC1)P(=O)(O)O. The van der Waals surface area contributed by atoms with Crippen LogP contribution in [0.15, 0.2) is 23.3 Å². The first-order valence-electron chi connectivity index (χ1n) is 4.34. The van der Waals surface area contributed by atoms with Gasteiger partial charge in [-0.2, -0.15) is 0 Å². The number of allylic oxidation sites excluding steroid dienone is 2. The van der Waals surface area contributed by atoms with Crippen LogP contribution in [0.25, 0.3) is 0 Å². The van der Waals surface area contributed by atoms with Gasteiger partial charge >= 0.3 is 15.2 Å². The average Bonchev–Trinajstić information content (AvgIpc) is 2.05. The highest BCUT2D eigenvalue weighted by molar-refractivity contribution is 7.71. The van der Waals surface area contributed by atoms with Crippen LogP contribution in [0, 0.1) is 0 Å². The predicted octanol–water partition coefficient (Wildman–Crippen LogP) is 0.482. The van der Waals surface area contributed by atoms with Crippen molar-refractivity contribution in [3.05, 3.63) is 23.3 Å². The lowest BCUT2D eigenvalue weighted by molar-refractivity contribution is 0.0919. The second kappa shape index (κ2) is 4.61. The standard InChI is InChI=1S/C7H11ClO7P2/c8-5-1-3-7(9,4-2-5)6(16(10,11)12)17(13,14)15/h1-3,6,9H,4H2,(H2,10,11,12)(H2,13,14,15). The van der Waals surface area contributed by atoms with Crippen molar-refractivity contribution in [2.75, 3.05) is 0 Å². The summed E-state index contributed by atoms with van der Waals surface area (Å²) >= 11 is 5.55. The molecular weight excluding hydrogens is 293 g/mol. The van der Waals surface area contributed by atoms with Gasteiger partial charge in [-0.3, -0.25) is 9.13 Å². The van der Waals surface area contributed by atoms with Crippen LogP contribution in [0.3, 0.4) is 0 Å². The van der Waals surface area contributed by atoms with Crippen molar-refractivity contribution >= 4 is 26.8 Å². The van der Waals surface area contributed by atoms with E-state index in [-0.39, 0.29) is 11.5 Å². The van der Waals surface area contributed by atoms with E-state index < -0.39 is 26.2 Å². The van der Waals surface area contributed by atoms with E-state index >= 15 is 0 Å². The molecule has 0 radical (unpaired) electrons. The molecule has 7 nitrogen and oxygen atoms in total. The van der Waals surface area contributed by atoms with Gasteiger partial charge in [-0.25, -0.2) is 0 Å². The zero-order valence-corrected chi connectivity index (χ0v) is 10.9. The minimum absolute atomic E-state index is 0.213. The Balaban J connectivity index is 3.23. The number of rotatable bonds is 3. The Morgan fingerprint density at radius 1 is 1.24 bits per heavy atom. The summed E-state index contributed by atoms with van der Waals surface area (Å²) in [4.78, 5) is 35.9. The number of hydrogen-bond donors (Lipinski definition) is 5. The maximum Gasteiger partial charge on any atom is 0.344 e. The summed E-state index contributed by atoms with van der Waals surface area (Å²) in [5, 5.41) is 7.66. The molecule has 1 unspecified atom stereocenters. The monoisotopic (exact) mass is 304 g/mol. The van der Waals surface area contributed by atoms with Gasteiger partial charge in [0.05, 0.1) is 0 Å². The smallest absolute Gasteiger partial charge is 0.344 e. The summed E-state index contributed by atoms with van der Waals surface area (Å²) in [5.74, 6) is 0. The molecule has 1 aliphatic rings. The zero-order valence-electron chi connectivity index (χ0n) is 8.34. The van der Waals surface area contributed by atoms with E-state index in [9.17, 15) is 14.2 Å². The summed E-state index contributed by atoms with van der Waals surface area (Å²) in [7, 11) is -10.4. The highest BCUT2D eigenvalue weighted by Gasteiger charge is 2.56. The highest BCUT2D eigenvalue weighted by Crippen LogP contribution is 2.65. The maximum absolute atomic E-state index is 11.1. The highest BCUT2D eigenvalue weighted by atomic mass is 35.5. The van der Waals surface area contributed by atoms with Gasteiger partial charge < -0.3 is 24.7 Å². The van der Waals surface area contributed by atoms with Gasteiger partial charge in [-0.1, -0.05) is 17.7 Å². The molecule has 5 N–H and O–H groups in total. The fraction of sp³-hybridized carbons (Fsp3) is 0.429. The Morgan fingerprint density at radius 3 is 2.00 bits per heavy atom. The zero-order chi connectivity index (χ0) is 13.5. The third-order valence-electron chi connectivity index (χ3n) is 2.24. The van der Waals surface area contributed by atoms with Gasteiger partial charge in [0.1, 0.15) is 5.60 Å². The van der Waals surface area contributed by atoms with Crippen molar-refractivity contribution in [2.24, 2.45) is 0 Å². The quantitative estimate of drug-likeness (QED) is 0.478. The molecule has 0 aromatic heterocycles. The molecule has 0 aromatic rings. The summed E-state index contributed by atoms with van der Waals surface area (Å²) in [5.41, 5.74) is -2.32. The van der Waals surface area contributed by atoms with E-state index in [0.717, 1.165) is 12.2 Å². The summed E-state index contributed by atoms with van der Waals surface area (Å²) < 4.78 is 22.2. The molecule has 10 heteroatoms. The van der Waals surface area contributed by atoms with Crippen LogP contribution in [0.1, 0.15) is 6.42 Å². The van der Waals surface area contributed by atoms with Gasteiger partial charge in [-0.15, -0.1) is 0 Å². The number of hydrogen-bond acceptors (Lipinski definition) is 3. The van der Waals surface area contributed by atoms with Crippen molar-refractivity contribution in [2.45, 2.75) is 17.4 Å². The van der Waals surface area contributed by atoms with E-state index in [1.807, 2.05) is 0 Å². The van der Waals surface area contributed by atoms with Crippen molar-refractivity contribution in [3.63, 3.8) is 0 Å². The normalized spacial score (nSPS) is 26.2. The molecule has 1 rings (SSSR count). The second-order valence-electron chi connectivity index (χ2n) is 3.67. The molecule has 0 fully saturated rings. The molecule has 1 atom stereocenters. The van der Waals surface area contributed by atoms with Crippen LogP contribution in [0.5, 0.6) is 0 Å². The molecule has 0 aliphatic heterocycles. The Bertz CT molecular complexity index is 439. The van der Waals surface area contributed by atoms with Crippen molar-refractivity contribution in [3.8, 4) is 0 Å². The molecule has 0 spiro atoms. The van der Waals surface area contributed by atoms with E-state index in [1.54, 1.807) is 0 Å².